The van der Waals surface area contributed by atoms with E-state index in [-0.39, 0.29) is 0 Å². The first kappa shape index (κ1) is 12.1. The van der Waals surface area contributed by atoms with Gasteiger partial charge in [0.1, 0.15) is 5.82 Å². The third kappa shape index (κ3) is 2.30. The lowest BCUT2D eigenvalue weighted by molar-refractivity contribution is -0.137. The SMILES string of the molecule is Nc1cc(C2CC2)nn1-c1cccc(C(F)(F)F)c1. The molecule has 0 amide bonds. The van der Waals surface area contributed by atoms with Gasteiger partial charge in [-0.25, -0.2) is 4.68 Å². The van der Waals surface area contributed by atoms with Crippen LogP contribution in [-0.2, 0) is 6.18 Å². The Hall–Kier alpha value is -1.98. The average Bonchev–Trinajstić information content (AvgIpc) is 3.12. The number of rotatable bonds is 2. The highest BCUT2D eigenvalue weighted by Crippen LogP contribution is 2.40. The third-order valence-electron chi connectivity index (χ3n) is 3.17. The number of alkyl halides is 3. The van der Waals surface area contributed by atoms with Crippen LogP contribution in [0.4, 0.5) is 19.0 Å². The van der Waals surface area contributed by atoms with Gasteiger partial charge in [0.2, 0.25) is 0 Å². The van der Waals surface area contributed by atoms with Gasteiger partial charge in [0.05, 0.1) is 16.9 Å². The van der Waals surface area contributed by atoms with Gasteiger partial charge < -0.3 is 5.73 Å². The zero-order valence-corrected chi connectivity index (χ0v) is 9.98. The van der Waals surface area contributed by atoms with Crippen LogP contribution < -0.4 is 5.73 Å². The Kier molecular flexibility index (Phi) is 2.55. The van der Waals surface area contributed by atoms with E-state index >= 15 is 0 Å². The first-order chi connectivity index (χ1) is 8.95. The molecule has 1 saturated carbocycles. The van der Waals surface area contributed by atoms with Crippen LogP contribution in [0.5, 0.6) is 0 Å². The number of anilines is 1. The highest BCUT2D eigenvalue weighted by Gasteiger charge is 2.31. The topological polar surface area (TPSA) is 43.8 Å². The van der Waals surface area contributed by atoms with Crippen LogP contribution in [0.1, 0.15) is 30.0 Å². The molecule has 6 heteroatoms. The quantitative estimate of drug-likeness (QED) is 0.906. The van der Waals surface area contributed by atoms with Crippen LogP contribution in [0.2, 0.25) is 0 Å². The standard InChI is InChI=1S/C13H12F3N3/c14-13(15,16)9-2-1-3-10(6-9)19-12(17)7-11(18-19)8-4-5-8/h1-3,6-8H,4-5,17H2. The van der Waals surface area contributed by atoms with Gasteiger partial charge in [-0.05, 0) is 31.0 Å². The Bertz CT molecular complexity index is 612. The maximum absolute atomic E-state index is 12.7. The summed E-state index contributed by atoms with van der Waals surface area (Å²) in [6, 6.07) is 6.74. The smallest absolute Gasteiger partial charge is 0.384 e. The molecule has 2 aromatic rings. The number of hydrogen-bond donors (Lipinski definition) is 1. The van der Waals surface area contributed by atoms with Crippen LogP contribution in [-0.4, -0.2) is 9.78 Å². The molecule has 0 aliphatic heterocycles. The fourth-order valence-electron chi connectivity index (χ4n) is 2.01. The predicted octanol–water partition coefficient (Wildman–Crippen LogP) is 3.35. The molecule has 0 radical (unpaired) electrons. The number of benzene rings is 1. The zero-order chi connectivity index (χ0) is 13.6. The summed E-state index contributed by atoms with van der Waals surface area (Å²) in [5.41, 5.74) is 6.31. The summed E-state index contributed by atoms with van der Waals surface area (Å²) in [6.07, 6.45) is -2.23. The molecular weight excluding hydrogens is 255 g/mol. The van der Waals surface area contributed by atoms with Crippen LogP contribution in [0.25, 0.3) is 5.69 Å². The second-order valence-corrected chi connectivity index (χ2v) is 4.73. The molecule has 3 rings (SSSR count). The van der Waals surface area contributed by atoms with Gasteiger partial charge in [0.25, 0.3) is 0 Å². The molecule has 0 saturated heterocycles. The summed E-state index contributed by atoms with van der Waals surface area (Å²) >= 11 is 0. The average molecular weight is 267 g/mol. The molecule has 0 bridgehead atoms. The van der Waals surface area contributed by atoms with Crippen molar-refractivity contribution in [3.05, 3.63) is 41.6 Å². The van der Waals surface area contributed by atoms with Crippen molar-refractivity contribution in [1.82, 2.24) is 9.78 Å². The second kappa shape index (κ2) is 4.01. The van der Waals surface area contributed by atoms with Crippen LogP contribution >= 0.6 is 0 Å². The molecular formula is C13H12F3N3. The molecule has 1 aromatic carbocycles. The largest absolute Gasteiger partial charge is 0.416 e. The van der Waals surface area contributed by atoms with E-state index in [1.165, 1.54) is 10.7 Å². The molecule has 0 atom stereocenters. The number of aromatic nitrogens is 2. The number of halogens is 3. The maximum Gasteiger partial charge on any atom is 0.416 e. The lowest BCUT2D eigenvalue weighted by Gasteiger charge is -2.09. The van der Waals surface area contributed by atoms with E-state index in [0.717, 1.165) is 30.7 Å². The van der Waals surface area contributed by atoms with Crippen molar-refractivity contribution >= 4 is 5.82 Å². The summed E-state index contributed by atoms with van der Waals surface area (Å²) in [5.74, 6) is 0.774. The summed E-state index contributed by atoms with van der Waals surface area (Å²) in [4.78, 5) is 0. The Morgan fingerprint density at radius 1 is 1.21 bits per heavy atom. The summed E-state index contributed by atoms with van der Waals surface area (Å²) in [7, 11) is 0. The molecule has 3 nitrogen and oxygen atoms in total. The van der Waals surface area contributed by atoms with E-state index in [9.17, 15) is 13.2 Å². The number of nitrogen functional groups attached to an aromatic ring is 1. The fraction of sp³-hybridized carbons (Fsp3) is 0.308. The molecule has 1 aliphatic rings. The van der Waals surface area contributed by atoms with Crippen LogP contribution in [0.3, 0.4) is 0 Å². The minimum absolute atomic E-state index is 0.333. The van der Waals surface area contributed by atoms with E-state index in [4.69, 9.17) is 5.73 Å². The monoisotopic (exact) mass is 267 g/mol. The van der Waals surface area contributed by atoms with Gasteiger partial charge in [-0.1, -0.05) is 6.07 Å². The molecule has 1 heterocycles. The third-order valence-corrected chi connectivity index (χ3v) is 3.17. The number of nitrogens with two attached hydrogens (primary N) is 1. The van der Waals surface area contributed by atoms with Crippen molar-refractivity contribution in [1.29, 1.82) is 0 Å². The van der Waals surface area contributed by atoms with E-state index in [0.29, 0.717) is 17.4 Å². The Balaban J connectivity index is 2.01. The van der Waals surface area contributed by atoms with Crippen LogP contribution in [0, 0.1) is 0 Å². The Morgan fingerprint density at radius 3 is 2.58 bits per heavy atom. The van der Waals surface area contributed by atoms with Crippen molar-refractivity contribution in [3.8, 4) is 5.69 Å². The first-order valence-electron chi connectivity index (χ1n) is 5.98. The van der Waals surface area contributed by atoms with Gasteiger partial charge in [0.15, 0.2) is 0 Å². The Labute approximate surface area is 107 Å². The summed E-state index contributed by atoms with van der Waals surface area (Å²) in [5, 5.41) is 4.29. The lowest BCUT2D eigenvalue weighted by Crippen LogP contribution is -2.07. The number of nitrogens with zero attached hydrogens (tertiary/aromatic N) is 2. The van der Waals surface area contributed by atoms with Gasteiger partial charge in [-0.2, -0.15) is 18.3 Å². The Morgan fingerprint density at radius 2 is 1.95 bits per heavy atom. The highest BCUT2D eigenvalue weighted by atomic mass is 19.4. The van der Waals surface area contributed by atoms with Crippen LogP contribution in [0.15, 0.2) is 30.3 Å². The predicted molar refractivity (Wildman–Crippen MR) is 65.0 cm³/mol. The molecule has 0 spiro atoms. The number of hydrogen-bond acceptors (Lipinski definition) is 2. The molecule has 19 heavy (non-hydrogen) atoms. The highest BCUT2D eigenvalue weighted by molar-refractivity contribution is 5.45. The normalized spacial score (nSPS) is 15.7. The van der Waals surface area contributed by atoms with Crippen molar-refractivity contribution in [3.63, 3.8) is 0 Å². The summed E-state index contributed by atoms with van der Waals surface area (Å²) < 4.78 is 39.4. The molecule has 1 fully saturated rings. The van der Waals surface area contributed by atoms with Crippen molar-refractivity contribution < 1.29 is 13.2 Å². The van der Waals surface area contributed by atoms with Crippen molar-refractivity contribution in [2.24, 2.45) is 0 Å². The van der Waals surface area contributed by atoms with E-state index in [2.05, 4.69) is 5.10 Å². The molecule has 1 aromatic heterocycles. The zero-order valence-electron chi connectivity index (χ0n) is 9.98. The van der Waals surface area contributed by atoms with Gasteiger partial charge in [0, 0.05) is 12.0 Å². The van der Waals surface area contributed by atoms with E-state index < -0.39 is 11.7 Å². The molecule has 100 valence electrons. The lowest BCUT2D eigenvalue weighted by atomic mass is 10.2. The molecule has 2 N–H and O–H groups in total. The maximum atomic E-state index is 12.7. The summed E-state index contributed by atoms with van der Waals surface area (Å²) in [6.45, 7) is 0. The minimum Gasteiger partial charge on any atom is -0.384 e. The fourth-order valence-corrected chi connectivity index (χ4v) is 2.01. The van der Waals surface area contributed by atoms with Gasteiger partial charge >= 0.3 is 6.18 Å². The van der Waals surface area contributed by atoms with Gasteiger partial charge in [-0.3, -0.25) is 0 Å². The van der Waals surface area contributed by atoms with Gasteiger partial charge in [-0.15, -0.1) is 0 Å². The van der Waals surface area contributed by atoms with E-state index in [1.54, 1.807) is 12.1 Å². The second-order valence-electron chi connectivity index (χ2n) is 4.73. The minimum atomic E-state index is -4.36. The van der Waals surface area contributed by atoms with Crippen molar-refractivity contribution in [2.45, 2.75) is 24.9 Å². The molecule has 0 unspecified atom stereocenters. The van der Waals surface area contributed by atoms with E-state index in [1.807, 2.05) is 0 Å². The van der Waals surface area contributed by atoms with Crippen molar-refractivity contribution in [2.75, 3.05) is 5.73 Å². The molecule has 1 aliphatic carbocycles. The first-order valence-corrected chi connectivity index (χ1v) is 5.98.